The van der Waals surface area contributed by atoms with Gasteiger partial charge in [-0.1, -0.05) is 12.1 Å². The molecule has 1 saturated heterocycles. The maximum Gasteiger partial charge on any atom is 0.191 e. The minimum atomic E-state index is -0.216. The Balaban J connectivity index is 0.00000392. The van der Waals surface area contributed by atoms with Crippen LogP contribution in [-0.2, 0) is 4.74 Å². The summed E-state index contributed by atoms with van der Waals surface area (Å²) < 4.78 is 18.7. The summed E-state index contributed by atoms with van der Waals surface area (Å²) in [5.74, 6) is 0.553. The second-order valence-corrected chi connectivity index (χ2v) is 7.75. The first-order valence-electron chi connectivity index (χ1n) is 9.52. The molecule has 1 heterocycles. The van der Waals surface area contributed by atoms with Gasteiger partial charge in [0.2, 0.25) is 0 Å². The number of likely N-dealkylation sites (N-methyl/N-ethyl adjacent to an activating group) is 1. The zero-order valence-corrected chi connectivity index (χ0v) is 20.0. The van der Waals surface area contributed by atoms with E-state index in [9.17, 15) is 4.39 Å². The quantitative estimate of drug-likeness (QED) is 0.337. The molecule has 1 aliphatic rings. The van der Waals surface area contributed by atoms with Crippen molar-refractivity contribution in [1.29, 1.82) is 0 Å². The van der Waals surface area contributed by atoms with Crippen LogP contribution >= 0.6 is 24.0 Å². The molecule has 0 spiro atoms. The minimum absolute atomic E-state index is 0. The molecule has 0 aromatic heterocycles. The summed E-state index contributed by atoms with van der Waals surface area (Å²) in [7, 11) is 5.82. The number of ether oxygens (including phenoxy) is 1. The number of benzene rings is 1. The first-order chi connectivity index (χ1) is 12.8. The van der Waals surface area contributed by atoms with Gasteiger partial charge in [0.05, 0.1) is 19.3 Å². The Hall–Kier alpha value is -0.970. The largest absolute Gasteiger partial charge is 0.379 e. The smallest absolute Gasteiger partial charge is 0.191 e. The summed E-state index contributed by atoms with van der Waals surface area (Å²) in [5, 5.41) is 6.84. The standard InChI is InChI=1S/C20H34FN5O.HI/c1-20(2,26-10-12-27-13-11-26)15-24-19(22-3)23-14-18(25(4)5)16-6-8-17(21)9-7-16;/h6-9,18H,10-15H2,1-5H3,(H2,22,23,24);1H. The Morgan fingerprint density at radius 3 is 2.36 bits per heavy atom. The van der Waals surface area contributed by atoms with Crippen LogP contribution in [0.2, 0.25) is 0 Å². The zero-order chi connectivity index (χ0) is 19.9. The third kappa shape index (κ3) is 7.46. The summed E-state index contributed by atoms with van der Waals surface area (Å²) in [5.41, 5.74) is 1.08. The van der Waals surface area contributed by atoms with Gasteiger partial charge >= 0.3 is 0 Å². The molecule has 2 rings (SSSR count). The lowest BCUT2D eigenvalue weighted by Crippen LogP contribution is -2.56. The van der Waals surface area contributed by atoms with Gasteiger partial charge in [-0.25, -0.2) is 4.39 Å². The van der Waals surface area contributed by atoms with E-state index >= 15 is 0 Å². The third-order valence-electron chi connectivity index (χ3n) is 5.12. The van der Waals surface area contributed by atoms with E-state index in [0.717, 1.165) is 44.4 Å². The molecule has 0 amide bonds. The van der Waals surface area contributed by atoms with E-state index in [4.69, 9.17) is 4.74 Å². The summed E-state index contributed by atoms with van der Waals surface area (Å²) >= 11 is 0. The number of hydrogen-bond donors (Lipinski definition) is 2. The van der Waals surface area contributed by atoms with Gasteiger partial charge in [0.1, 0.15) is 5.82 Å². The number of guanidine groups is 1. The van der Waals surface area contributed by atoms with Crippen molar-refractivity contribution >= 4 is 29.9 Å². The average molecular weight is 507 g/mol. The van der Waals surface area contributed by atoms with Crippen molar-refractivity contribution in [1.82, 2.24) is 20.4 Å². The van der Waals surface area contributed by atoms with Crippen LogP contribution in [0.15, 0.2) is 29.3 Å². The lowest BCUT2D eigenvalue weighted by Gasteiger charge is -2.41. The number of aliphatic imine (C=N–C) groups is 1. The monoisotopic (exact) mass is 507 g/mol. The van der Waals surface area contributed by atoms with Gasteiger partial charge in [-0.15, -0.1) is 24.0 Å². The van der Waals surface area contributed by atoms with E-state index in [1.54, 1.807) is 7.05 Å². The summed E-state index contributed by atoms with van der Waals surface area (Å²) in [6.45, 7) is 9.42. The van der Waals surface area contributed by atoms with Crippen molar-refractivity contribution in [3.8, 4) is 0 Å². The molecule has 0 saturated carbocycles. The van der Waals surface area contributed by atoms with Crippen molar-refractivity contribution in [2.75, 3.05) is 60.5 Å². The molecule has 8 heteroatoms. The maximum absolute atomic E-state index is 13.2. The summed E-state index contributed by atoms with van der Waals surface area (Å²) in [4.78, 5) is 8.91. The molecule has 28 heavy (non-hydrogen) atoms. The molecule has 6 nitrogen and oxygen atoms in total. The molecule has 1 aromatic rings. The number of morpholine rings is 1. The molecule has 0 radical (unpaired) electrons. The molecule has 160 valence electrons. The fraction of sp³-hybridized carbons (Fsp3) is 0.650. The van der Waals surface area contributed by atoms with Crippen LogP contribution in [0.4, 0.5) is 4.39 Å². The van der Waals surface area contributed by atoms with Crippen molar-refractivity contribution < 1.29 is 9.13 Å². The predicted octanol–water partition coefficient (Wildman–Crippen LogP) is 2.32. The second-order valence-electron chi connectivity index (χ2n) is 7.75. The molecular formula is C20H35FIN5O. The highest BCUT2D eigenvalue weighted by atomic mass is 127. The van der Waals surface area contributed by atoms with Crippen LogP contribution in [0, 0.1) is 5.82 Å². The first-order valence-corrected chi connectivity index (χ1v) is 9.52. The predicted molar refractivity (Wildman–Crippen MR) is 124 cm³/mol. The van der Waals surface area contributed by atoms with Crippen LogP contribution in [0.1, 0.15) is 25.5 Å². The lowest BCUT2D eigenvalue weighted by atomic mass is 10.0. The van der Waals surface area contributed by atoms with Gasteiger partial charge in [-0.2, -0.15) is 0 Å². The number of nitrogens with one attached hydrogen (secondary N) is 2. The van der Waals surface area contributed by atoms with Crippen molar-refractivity contribution in [3.63, 3.8) is 0 Å². The van der Waals surface area contributed by atoms with Crippen LogP contribution in [0.5, 0.6) is 0 Å². The van der Waals surface area contributed by atoms with Crippen LogP contribution in [0.25, 0.3) is 0 Å². The van der Waals surface area contributed by atoms with E-state index in [1.807, 2.05) is 26.2 Å². The van der Waals surface area contributed by atoms with E-state index in [-0.39, 0.29) is 41.4 Å². The highest BCUT2D eigenvalue weighted by Gasteiger charge is 2.28. The SMILES string of the molecule is CN=C(NCC(c1ccc(F)cc1)N(C)C)NCC(C)(C)N1CCOCC1.I. The van der Waals surface area contributed by atoms with E-state index in [2.05, 4.69) is 39.3 Å². The molecule has 0 aliphatic carbocycles. The van der Waals surface area contributed by atoms with Gasteiger partial charge in [-0.05, 0) is 45.6 Å². The van der Waals surface area contributed by atoms with Gasteiger partial charge in [-0.3, -0.25) is 9.89 Å². The Labute approximate surface area is 185 Å². The Kier molecular flexibility index (Phi) is 10.6. The van der Waals surface area contributed by atoms with Gasteiger partial charge in [0.25, 0.3) is 0 Å². The Bertz CT molecular complexity index is 603. The highest BCUT2D eigenvalue weighted by Crippen LogP contribution is 2.18. The molecule has 1 unspecified atom stereocenters. The van der Waals surface area contributed by atoms with Gasteiger partial charge in [0, 0.05) is 38.8 Å². The lowest BCUT2D eigenvalue weighted by molar-refractivity contribution is -0.00834. The first kappa shape index (κ1) is 25.1. The number of rotatable bonds is 7. The molecular weight excluding hydrogens is 472 g/mol. The molecule has 0 bridgehead atoms. The number of halogens is 2. The third-order valence-corrected chi connectivity index (χ3v) is 5.12. The number of nitrogens with zero attached hydrogens (tertiary/aromatic N) is 3. The molecule has 1 aliphatic heterocycles. The van der Waals surface area contributed by atoms with Crippen LogP contribution in [0.3, 0.4) is 0 Å². The van der Waals surface area contributed by atoms with Gasteiger partial charge in [0.15, 0.2) is 5.96 Å². The highest BCUT2D eigenvalue weighted by molar-refractivity contribution is 14.0. The van der Waals surface area contributed by atoms with Crippen molar-refractivity contribution in [3.05, 3.63) is 35.6 Å². The summed E-state index contributed by atoms with van der Waals surface area (Å²) in [6.07, 6.45) is 0. The second kappa shape index (κ2) is 11.9. The van der Waals surface area contributed by atoms with Crippen LogP contribution < -0.4 is 10.6 Å². The summed E-state index contributed by atoms with van der Waals surface area (Å²) in [6, 6.07) is 6.79. The van der Waals surface area contributed by atoms with E-state index in [0.29, 0.717) is 6.54 Å². The average Bonchev–Trinajstić information content (AvgIpc) is 2.66. The van der Waals surface area contributed by atoms with Crippen molar-refractivity contribution in [2.24, 2.45) is 4.99 Å². The fourth-order valence-corrected chi connectivity index (χ4v) is 3.28. The van der Waals surface area contributed by atoms with Crippen LogP contribution in [-0.4, -0.2) is 81.8 Å². The number of hydrogen-bond acceptors (Lipinski definition) is 4. The molecule has 1 atom stereocenters. The molecule has 2 N–H and O–H groups in total. The molecule has 1 aromatic carbocycles. The Morgan fingerprint density at radius 1 is 1.21 bits per heavy atom. The Morgan fingerprint density at radius 2 is 1.82 bits per heavy atom. The van der Waals surface area contributed by atoms with E-state index < -0.39 is 0 Å². The van der Waals surface area contributed by atoms with Crippen molar-refractivity contribution in [2.45, 2.75) is 25.4 Å². The maximum atomic E-state index is 13.2. The minimum Gasteiger partial charge on any atom is -0.379 e. The topological polar surface area (TPSA) is 52.1 Å². The van der Waals surface area contributed by atoms with Gasteiger partial charge < -0.3 is 20.3 Å². The van der Waals surface area contributed by atoms with E-state index in [1.165, 1.54) is 12.1 Å². The zero-order valence-electron chi connectivity index (χ0n) is 17.7. The normalized spacial score (nSPS) is 17.2. The fourth-order valence-electron chi connectivity index (χ4n) is 3.28. The molecule has 1 fully saturated rings.